The highest BCUT2D eigenvalue weighted by molar-refractivity contribution is 5.70. The molecule has 0 saturated carbocycles. The molecular weight excluding hydrogens is 246 g/mol. The molecule has 3 atom stereocenters. The number of hydrogen-bond donors (Lipinski definition) is 1. The van der Waals surface area contributed by atoms with Crippen molar-refractivity contribution in [3.8, 4) is 0 Å². The minimum absolute atomic E-state index is 0.0775. The van der Waals surface area contributed by atoms with Crippen molar-refractivity contribution in [2.75, 3.05) is 13.7 Å². The molecule has 0 aromatic rings. The molecule has 0 spiro atoms. The summed E-state index contributed by atoms with van der Waals surface area (Å²) in [5.41, 5.74) is -0.889. The molecule has 2 heterocycles. The fraction of sp³-hybridized carbons (Fsp3) is 0.929. The summed E-state index contributed by atoms with van der Waals surface area (Å²) in [7, 11) is 1.64. The van der Waals surface area contributed by atoms with Crippen LogP contribution >= 0.6 is 0 Å². The monoisotopic (exact) mass is 271 g/mol. The van der Waals surface area contributed by atoms with Gasteiger partial charge in [-0.15, -0.1) is 0 Å². The van der Waals surface area contributed by atoms with Gasteiger partial charge in [-0.1, -0.05) is 0 Å². The lowest BCUT2D eigenvalue weighted by Crippen LogP contribution is -2.59. The summed E-state index contributed by atoms with van der Waals surface area (Å²) in [6.07, 6.45) is 2.39. The van der Waals surface area contributed by atoms with Gasteiger partial charge in [-0.3, -0.25) is 4.90 Å². The van der Waals surface area contributed by atoms with Crippen LogP contribution in [0.15, 0.2) is 0 Å². The van der Waals surface area contributed by atoms with Crippen molar-refractivity contribution in [3.63, 3.8) is 0 Å². The number of rotatable bonds is 2. The van der Waals surface area contributed by atoms with Crippen LogP contribution in [0.3, 0.4) is 0 Å². The number of carbonyl (C=O) groups is 1. The zero-order valence-corrected chi connectivity index (χ0v) is 12.3. The van der Waals surface area contributed by atoms with Gasteiger partial charge in [-0.05, 0) is 46.5 Å². The third-order valence-corrected chi connectivity index (χ3v) is 3.98. The van der Waals surface area contributed by atoms with Gasteiger partial charge in [0.1, 0.15) is 5.60 Å². The maximum atomic E-state index is 12.4. The van der Waals surface area contributed by atoms with Gasteiger partial charge in [0.05, 0.1) is 18.2 Å². The fourth-order valence-corrected chi connectivity index (χ4v) is 3.45. The number of carbonyl (C=O) groups excluding carboxylic acids is 1. The van der Waals surface area contributed by atoms with Crippen molar-refractivity contribution in [1.29, 1.82) is 0 Å². The third-order valence-electron chi connectivity index (χ3n) is 3.98. The van der Waals surface area contributed by atoms with E-state index in [1.54, 1.807) is 7.11 Å². The van der Waals surface area contributed by atoms with Crippen molar-refractivity contribution < 1.29 is 19.4 Å². The van der Waals surface area contributed by atoms with E-state index in [0.29, 0.717) is 19.4 Å². The first-order valence-corrected chi connectivity index (χ1v) is 6.97. The van der Waals surface area contributed by atoms with Crippen LogP contribution in [0.5, 0.6) is 0 Å². The molecule has 2 bridgehead atoms. The van der Waals surface area contributed by atoms with Crippen LogP contribution in [0.2, 0.25) is 0 Å². The SMILES string of the molecule is COC[C@@]12CCC(C[C@H](O)C1)N2C(=O)OC(C)(C)C. The Morgan fingerprint density at radius 1 is 1.47 bits per heavy atom. The molecule has 19 heavy (non-hydrogen) atoms. The molecule has 2 rings (SSSR count). The molecule has 1 unspecified atom stereocenters. The molecule has 0 aromatic heterocycles. The Balaban J connectivity index is 2.20. The van der Waals surface area contributed by atoms with Gasteiger partial charge in [-0.25, -0.2) is 4.79 Å². The van der Waals surface area contributed by atoms with Crippen molar-refractivity contribution in [3.05, 3.63) is 0 Å². The molecule has 2 saturated heterocycles. The Morgan fingerprint density at radius 2 is 2.16 bits per heavy atom. The standard InChI is InChI=1S/C14H25NO4/c1-13(2,3)19-12(17)15-10-5-6-14(15,9-18-4)8-11(16)7-10/h10-11,16H,5-9H2,1-4H3/t10?,11-,14+/m0/s1. The Morgan fingerprint density at radius 3 is 2.74 bits per heavy atom. The highest BCUT2D eigenvalue weighted by atomic mass is 16.6. The number of nitrogens with zero attached hydrogens (tertiary/aromatic N) is 1. The minimum Gasteiger partial charge on any atom is -0.444 e. The maximum absolute atomic E-state index is 12.4. The van der Waals surface area contributed by atoms with E-state index in [-0.39, 0.29) is 23.8 Å². The quantitative estimate of drug-likeness (QED) is 0.833. The van der Waals surface area contributed by atoms with E-state index in [0.717, 1.165) is 12.8 Å². The van der Waals surface area contributed by atoms with Crippen molar-refractivity contribution in [2.45, 2.75) is 69.7 Å². The summed E-state index contributed by atoms with van der Waals surface area (Å²) >= 11 is 0. The molecule has 2 fully saturated rings. The van der Waals surface area contributed by atoms with E-state index in [1.807, 2.05) is 25.7 Å². The average molecular weight is 271 g/mol. The second kappa shape index (κ2) is 4.94. The molecule has 1 amide bonds. The Hall–Kier alpha value is -0.810. The number of piperidine rings is 1. The molecule has 110 valence electrons. The van der Waals surface area contributed by atoms with E-state index in [2.05, 4.69) is 0 Å². The van der Waals surface area contributed by atoms with Crippen LogP contribution in [0.4, 0.5) is 4.79 Å². The number of hydrogen-bond acceptors (Lipinski definition) is 4. The van der Waals surface area contributed by atoms with E-state index < -0.39 is 5.60 Å². The van der Waals surface area contributed by atoms with Gasteiger partial charge < -0.3 is 14.6 Å². The number of aliphatic hydroxyl groups is 1. The fourth-order valence-electron chi connectivity index (χ4n) is 3.45. The topological polar surface area (TPSA) is 59.0 Å². The lowest BCUT2D eigenvalue weighted by atomic mass is 9.87. The lowest BCUT2D eigenvalue weighted by Gasteiger charge is -2.46. The number of amides is 1. The van der Waals surface area contributed by atoms with Gasteiger partial charge in [0.2, 0.25) is 0 Å². The predicted molar refractivity (Wildman–Crippen MR) is 70.9 cm³/mol. The number of ether oxygens (including phenoxy) is 2. The van der Waals surface area contributed by atoms with Crippen LogP contribution in [-0.4, -0.2) is 53.1 Å². The summed E-state index contributed by atoms with van der Waals surface area (Å²) in [5, 5.41) is 9.98. The smallest absolute Gasteiger partial charge is 0.411 e. The van der Waals surface area contributed by atoms with Gasteiger partial charge in [-0.2, -0.15) is 0 Å². The molecule has 1 N–H and O–H groups in total. The first kappa shape index (κ1) is 14.6. The van der Waals surface area contributed by atoms with Crippen LogP contribution in [0.25, 0.3) is 0 Å². The molecule has 5 heteroatoms. The molecule has 0 aromatic carbocycles. The van der Waals surface area contributed by atoms with Crippen molar-refractivity contribution in [1.82, 2.24) is 4.90 Å². The normalized spacial score (nSPS) is 34.5. The van der Waals surface area contributed by atoms with E-state index in [1.165, 1.54) is 0 Å². The summed E-state index contributed by atoms with van der Waals surface area (Å²) < 4.78 is 10.8. The predicted octanol–water partition coefficient (Wildman–Crippen LogP) is 1.93. The number of aliphatic hydroxyl groups excluding tert-OH is 1. The first-order valence-electron chi connectivity index (χ1n) is 6.97. The average Bonchev–Trinajstić information content (AvgIpc) is 2.46. The zero-order valence-electron chi connectivity index (χ0n) is 12.3. The van der Waals surface area contributed by atoms with Crippen LogP contribution in [0.1, 0.15) is 46.5 Å². The summed E-state index contributed by atoms with van der Waals surface area (Å²) in [5.74, 6) is 0. The summed E-state index contributed by atoms with van der Waals surface area (Å²) in [6, 6.07) is 0.0775. The molecular formula is C14H25NO4. The molecule has 5 nitrogen and oxygen atoms in total. The minimum atomic E-state index is -0.499. The first-order chi connectivity index (χ1) is 8.77. The van der Waals surface area contributed by atoms with Crippen LogP contribution in [-0.2, 0) is 9.47 Å². The second-order valence-electron chi connectivity index (χ2n) is 6.79. The van der Waals surface area contributed by atoms with Crippen LogP contribution < -0.4 is 0 Å². The highest BCUT2D eigenvalue weighted by Gasteiger charge is 2.54. The summed E-state index contributed by atoms with van der Waals surface area (Å²) in [6.45, 7) is 6.07. The molecule has 0 aliphatic carbocycles. The summed E-state index contributed by atoms with van der Waals surface area (Å²) in [4.78, 5) is 14.3. The number of fused-ring (bicyclic) bond motifs is 2. The van der Waals surface area contributed by atoms with Crippen LogP contribution in [0, 0.1) is 0 Å². The van der Waals surface area contributed by atoms with Gasteiger partial charge in [0.25, 0.3) is 0 Å². The molecule has 0 radical (unpaired) electrons. The highest BCUT2D eigenvalue weighted by Crippen LogP contribution is 2.45. The maximum Gasteiger partial charge on any atom is 0.411 e. The number of methoxy groups -OCH3 is 1. The lowest BCUT2D eigenvalue weighted by molar-refractivity contribution is -0.0638. The zero-order chi connectivity index (χ0) is 14.3. The Bertz CT molecular complexity index is 348. The molecule has 2 aliphatic rings. The molecule has 2 aliphatic heterocycles. The van der Waals surface area contributed by atoms with E-state index >= 15 is 0 Å². The van der Waals surface area contributed by atoms with Gasteiger partial charge in [0.15, 0.2) is 0 Å². The van der Waals surface area contributed by atoms with Crippen molar-refractivity contribution >= 4 is 6.09 Å². The second-order valence-corrected chi connectivity index (χ2v) is 6.79. The van der Waals surface area contributed by atoms with Gasteiger partial charge >= 0.3 is 6.09 Å². The Labute approximate surface area is 114 Å². The Kier molecular flexibility index (Phi) is 3.80. The largest absolute Gasteiger partial charge is 0.444 e. The van der Waals surface area contributed by atoms with Crippen molar-refractivity contribution in [2.24, 2.45) is 0 Å². The van der Waals surface area contributed by atoms with E-state index in [9.17, 15) is 9.90 Å². The van der Waals surface area contributed by atoms with E-state index in [4.69, 9.17) is 9.47 Å². The van der Waals surface area contributed by atoms with Gasteiger partial charge in [0, 0.05) is 13.2 Å². The third kappa shape index (κ3) is 2.87.